The van der Waals surface area contributed by atoms with Gasteiger partial charge in [0.2, 0.25) is 0 Å². The average molecular weight is 1170 g/mol. The first-order chi connectivity index (χ1) is 38.9. The van der Waals surface area contributed by atoms with Crippen molar-refractivity contribution in [2.45, 2.75) is 0 Å². The van der Waals surface area contributed by atoms with Gasteiger partial charge in [0.15, 0.2) is 23.0 Å². The summed E-state index contributed by atoms with van der Waals surface area (Å²) >= 11 is 15.4. The molecule has 80 heavy (non-hydrogen) atoms. The third kappa shape index (κ3) is 11.1. The number of hydrogen-bond donors (Lipinski definition) is 2. The number of carbonyl (C=O) groups excluding carboxylic acids is 2. The van der Waals surface area contributed by atoms with E-state index in [9.17, 15) is 29.4 Å². The molecular weight excluding hydrogens is 1130 g/mol. The van der Waals surface area contributed by atoms with Crippen LogP contribution in [0.25, 0.3) is 69.1 Å². The Morgan fingerprint density at radius 1 is 0.650 bits per heavy atom. The Hall–Kier alpha value is -8.04. The van der Waals surface area contributed by atoms with Crippen molar-refractivity contribution < 1.29 is 48.3 Å². The number of amides is 2. The Bertz CT molecular complexity index is 3890. The first-order valence-electron chi connectivity index (χ1n) is 24.9. The van der Waals surface area contributed by atoms with E-state index in [1.54, 1.807) is 12.2 Å². The van der Waals surface area contributed by atoms with Crippen LogP contribution in [0.2, 0.25) is 0 Å². The second kappa shape index (κ2) is 23.7. The van der Waals surface area contributed by atoms with E-state index < -0.39 is 36.8 Å². The summed E-state index contributed by atoms with van der Waals surface area (Å²) in [6.45, 7) is 0.324. The van der Waals surface area contributed by atoms with Gasteiger partial charge in [-0.15, -0.1) is 22.7 Å². The highest BCUT2D eigenvalue weighted by Gasteiger charge is 2.35. The molecule has 400 valence electrons. The number of likely N-dealkylation sites (N-methyl/N-ethyl adjacent to an activating group) is 1. The van der Waals surface area contributed by atoms with Crippen LogP contribution < -0.4 is 23.8 Å². The van der Waals surface area contributed by atoms with Crippen molar-refractivity contribution in [3.05, 3.63) is 168 Å². The number of rotatable bonds is 17. The van der Waals surface area contributed by atoms with Gasteiger partial charge in [-0.2, -0.15) is 0 Å². The van der Waals surface area contributed by atoms with E-state index in [1.807, 2.05) is 78.9 Å². The van der Waals surface area contributed by atoms with Gasteiger partial charge in [-0.25, -0.2) is 0 Å². The Morgan fingerprint density at radius 2 is 1.15 bits per heavy atom. The van der Waals surface area contributed by atoms with Gasteiger partial charge >= 0.3 is 11.9 Å². The molecule has 19 heteroatoms. The highest BCUT2D eigenvalue weighted by atomic mass is 32.2. The summed E-state index contributed by atoms with van der Waals surface area (Å²) in [6.07, 6.45) is 11.4. The van der Waals surface area contributed by atoms with Crippen molar-refractivity contribution in [1.82, 2.24) is 9.80 Å². The largest absolute Gasteiger partial charge is 0.485 e. The summed E-state index contributed by atoms with van der Waals surface area (Å²) in [5, 5.41) is 22.8. The number of hydrogen-bond acceptors (Lipinski definition) is 15. The van der Waals surface area contributed by atoms with Gasteiger partial charge < -0.3 is 39.0 Å². The lowest BCUT2D eigenvalue weighted by molar-refractivity contribution is -0.142. The molecule has 1 saturated heterocycles. The molecule has 0 radical (unpaired) electrons. The van der Waals surface area contributed by atoms with Gasteiger partial charge in [0, 0.05) is 33.9 Å². The van der Waals surface area contributed by atoms with Crippen molar-refractivity contribution in [1.29, 1.82) is 0 Å². The molecule has 0 saturated carbocycles. The molecule has 3 aliphatic heterocycles. The van der Waals surface area contributed by atoms with Crippen LogP contribution in [-0.2, 0) is 19.2 Å². The lowest BCUT2D eigenvalue weighted by Gasteiger charge is -2.29. The Labute approximate surface area is 486 Å². The number of thiocarbonyl (C=S) groups is 2. The van der Waals surface area contributed by atoms with Gasteiger partial charge in [-0.1, -0.05) is 151 Å². The maximum absolute atomic E-state index is 13.4. The van der Waals surface area contributed by atoms with Crippen LogP contribution in [0.4, 0.5) is 17.1 Å². The molecule has 8 aromatic rings. The van der Waals surface area contributed by atoms with Crippen molar-refractivity contribution >= 4 is 178 Å². The molecule has 1 fully saturated rings. The number of thiophene rings is 2. The third-order valence-corrected chi connectivity index (χ3v) is 17.4. The molecule has 13 nitrogen and oxygen atoms in total. The van der Waals surface area contributed by atoms with Crippen LogP contribution >= 0.6 is 70.6 Å². The van der Waals surface area contributed by atoms with Gasteiger partial charge in [-0.05, 0) is 93.7 Å². The zero-order valence-corrected chi connectivity index (χ0v) is 47.3. The lowest BCUT2D eigenvalue weighted by atomic mass is 9.88. The van der Waals surface area contributed by atoms with Crippen LogP contribution in [0.3, 0.4) is 0 Å². The number of carboxylic acids is 2. The third-order valence-electron chi connectivity index (χ3n) is 13.0. The number of ether oxygens (including phenoxy) is 4. The molecule has 0 spiro atoms. The van der Waals surface area contributed by atoms with Crippen LogP contribution in [0.15, 0.2) is 137 Å². The standard InChI is InChI=1S/C61H45N3O10S6/c1-62(33-51(65)66)59(69)49(77-35-75)31-47-57-55(71-25-27-73-57)45(78-47)23-19-36-17-21-41-43(29-36)53(38-11-5-2-6-12-38)44-30-37(18-22-42(44)54(41)64(39-13-7-3-8-14-39)40-15-9-4-10-16-40)20-24-46-56-58(74-28-26-72-56)48(79-46)32-50-60(70)63(34-52(67)68)61(76)80-50/h2-24,29-32,35H,25-28,33-34H2,1H3,(H,65,66)(H,67,68)/b23-19+,24-20+,49-31+,50-32+. The van der Waals surface area contributed by atoms with Gasteiger partial charge in [0.25, 0.3) is 11.8 Å². The summed E-state index contributed by atoms with van der Waals surface area (Å²) < 4.78 is 26.3. The predicted octanol–water partition coefficient (Wildman–Crippen LogP) is 14.0. The van der Waals surface area contributed by atoms with E-state index in [-0.39, 0.29) is 9.23 Å². The summed E-state index contributed by atoms with van der Waals surface area (Å²) in [5.74, 6) is -1.12. The molecule has 6 aromatic carbocycles. The number of thioether (sulfide) groups is 2. The molecular formula is C61H45N3O10S6. The molecule has 0 unspecified atom stereocenters. The second-order valence-corrected chi connectivity index (χ2v) is 23.5. The quantitative estimate of drug-likeness (QED) is 0.0504. The number of anilines is 3. The summed E-state index contributed by atoms with van der Waals surface area (Å²) in [4.78, 5) is 57.7. The molecule has 3 aliphatic rings. The maximum atomic E-state index is 13.4. The molecule has 2 aromatic heterocycles. The van der Waals surface area contributed by atoms with Gasteiger partial charge in [0.05, 0.1) is 35.0 Å². The van der Waals surface area contributed by atoms with Crippen molar-refractivity contribution in [3.8, 4) is 34.1 Å². The highest BCUT2D eigenvalue weighted by molar-refractivity contribution is 8.26. The summed E-state index contributed by atoms with van der Waals surface area (Å²) in [6, 6.07) is 44.0. The first-order valence-corrected chi connectivity index (χ1v) is 29.1. The average Bonchev–Trinajstić information content (AvgIpc) is 4.12. The minimum atomic E-state index is -1.16. The minimum Gasteiger partial charge on any atom is -0.485 e. The molecule has 2 N–H and O–H groups in total. The normalized spacial score (nSPS) is 14.7. The lowest BCUT2D eigenvalue weighted by Crippen LogP contribution is -2.33. The number of benzene rings is 6. The van der Waals surface area contributed by atoms with E-state index >= 15 is 0 Å². The SMILES string of the molecule is CN(CC(=O)O)C(=O)/C(=C\c1sc(/C=C/c2ccc3c(N(c4ccccc4)c4ccccc4)c4ccc(/C=C/c5sc(/C=C6/SC(=S)N(CC(=O)O)C6=O)c6c5OCCO6)cc4c(-c4ccccc4)c3c2)c2c1OCCO2)SC=S. The zero-order chi connectivity index (χ0) is 55.4. The summed E-state index contributed by atoms with van der Waals surface area (Å²) in [5.41, 5.74) is 6.79. The smallest absolute Gasteiger partial charge is 0.323 e. The molecule has 5 heterocycles. The second-order valence-electron chi connectivity index (χ2n) is 18.2. The van der Waals surface area contributed by atoms with Crippen LogP contribution in [0, 0.1) is 0 Å². The number of fused-ring (bicyclic) bond motifs is 4. The fraction of sp³-hybridized carbons (Fsp3) is 0.115. The Morgan fingerprint density at radius 3 is 1.66 bits per heavy atom. The molecule has 11 rings (SSSR count). The topological polar surface area (TPSA) is 155 Å². The zero-order valence-electron chi connectivity index (χ0n) is 42.4. The number of para-hydroxylation sites is 2. The van der Waals surface area contributed by atoms with Crippen LogP contribution in [0.1, 0.15) is 30.6 Å². The summed E-state index contributed by atoms with van der Waals surface area (Å²) in [7, 11) is 1.43. The van der Waals surface area contributed by atoms with E-state index in [0.717, 1.165) is 104 Å². The first kappa shape index (κ1) is 53.9. The van der Waals surface area contributed by atoms with Crippen LogP contribution in [-0.4, -0.2) is 99.4 Å². The van der Waals surface area contributed by atoms with E-state index in [4.69, 9.17) is 43.4 Å². The Balaban J connectivity index is 1.06. The maximum Gasteiger partial charge on any atom is 0.323 e. The van der Waals surface area contributed by atoms with E-state index in [1.165, 1.54) is 34.4 Å². The molecule has 0 aliphatic carbocycles. The monoisotopic (exact) mass is 1170 g/mol. The number of carboxylic acid groups (broad SMARTS) is 2. The van der Waals surface area contributed by atoms with E-state index in [0.29, 0.717) is 64.1 Å². The fourth-order valence-corrected chi connectivity index (χ4v) is 13.9. The van der Waals surface area contributed by atoms with E-state index in [2.05, 4.69) is 77.7 Å². The number of carbonyl (C=O) groups is 4. The number of nitrogens with zero attached hydrogens (tertiary/aromatic N) is 3. The van der Waals surface area contributed by atoms with Crippen LogP contribution in [0.5, 0.6) is 23.0 Å². The highest BCUT2D eigenvalue weighted by Crippen LogP contribution is 2.51. The number of aliphatic carboxylic acids is 2. The van der Waals surface area contributed by atoms with Crippen molar-refractivity contribution in [2.24, 2.45) is 0 Å². The fourth-order valence-electron chi connectivity index (χ4n) is 9.58. The molecule has 2 amide bonds. The van der Waals surface area contributed by atoms with Crippen molar-refractivity contribution in [3.63, 3.8) is 0 Å². The Kier molecular flexibility index (Phi) is 16.0. The minimum absolute atomic E-state index is 0.177. The molecule has 0 bridgehead atoms. The predicted molar refractivity (Wildman–Crippen MR) is 332 cm³/mol. The van der Waals surface area contributed by atoms with Gasteiger partial charge in [0.1, 0.15) is 43.8 Å². The van der Waals surface area contributed by atoms with Gasteiger partial charge in [-0.3, -0.25) is 24.1 Å². The van der Waals surface area contributed by atoms with Crippen molar-refractivity contribution in [2.75, 3.05) is 51.5 Å². The molecule has 0 atom stereocenters.